The highest BCUT2D eigenvalue weighted by Gasteiger charge is 2.37. The van der Waals surface area contributed by atoms with E-state index in [0.29, 0.717) is 11.8 Å². The number of aromatic nitrogens is 1. The molecule has 7 heteroatoms. The van der Waals surface area contributed by atoms with Crippen molar-refractivity contribution in [3.05, 3.63) is 65.4 Å². The summed E-state index contributed by atoms with van der Waals surface area (Å²) in [6.07, 6.45) is -3.99. The summed E-state index contributed by atoms with van der Waals surface area (Å²) < 4.78 is 67.5. The van der Waals surface area contributed by atoms with Gasteiger partial charge in [0, 0.05) is 11.6 Å². The fourth-order valence-electron chi connectivity index (χ4n) is 2.92. The lowest BCUT2D eigenvalue weighted by atomic mass is 9.86. The van der Waals surface area contributed by atoms with Crippen molar-refractivity contribution in [1.82, 2.24) is 3.97 Å². The Balaban J connectivity index is 2.33. The molecule has 2 aromatic carbocycles. The van der Waals surface area contributed by atoms with Crippen molar-refractivity contribution in [2.45, 2.75) is 44.2 Å². The zero-order valence-electron chi connectivity index (χ0n) is 15.4. The Labute approximate surface area is 156 Å². The van der Waals surface area contributed by atoms with Crippen LogP contribution in [0.25, 0.3) is 10.9 Å². The maximum Gasteiger partial charge on any atom is 0.418 e. The molecule has 1 aromatic heterocycles. The van der Waals surface area contributed by atoms with E-state index in [-0.39, 0.29) is 21.2 Å². The van der Waals surface area contributed by atoms with Gasteiger partial charge < -0.3 is 0 Å². The van der Waals surface area contributed by atoms with E-state index in [1.54, 1.807) is 25.1 Å². The summed E-state index contributed by atoms with van der Waals surface area (Å²) in [5.74, 6) is 0. The molecular formula is C20H20F3NO2S. The van der Waals surface area contributed by atoms with E-state index in [1.807, 2.05) is 20.8 Å². The average Bonchev–Trinajstić information content (AvgIpc) is 2.94. The molecular weight excluding hydrogens is 375 g/mol. The van der Waals surface area contributed by atoms with Gasteiger partial charge in [-0.3, -0.25) is 0 Å². The first kappa shape index (κ1) is 19.5. The molecule has 0 unspecified atom stereocenters. The molecule has 1 heterocycles. The van der Waals surface area contributed by atoms with E-state index in [0.717, 1.165) is 9.54 Å². The standard InChI is InChI=1S/C20H20F3NO2S/c1-13-5-8-15(9-6-13)27(25,26)24-12-17(20(21,22)23)16-11-14(19(2,3)4)7-10-18(16)24/h5-12H,1-4H3. The van der Waals surface area contributed by atoms with Crippen LogP contribution in [0.2, 0.25) is 0 Å². The quantitative estimate of drug-likeness (QED) is 0.574. The van der Waals surface area contributed by atoms with Crippen LogP contribution in [0.15, 0.2) is 53.6 Å². The number of aryl methyl sites for hydroxylation is 1. The van der Waals surface area contributed by atoms with Gasteiger partial charge in [0.1, 0.15) is 0 Å². The van der Waals surface area contributed by atoms with Crippen molar-refractivity contribution >= 4 is 20.9 Å². The summed E-state index contributed by atoms with van der Waals surface area (Å²) in [5, 5.41) is -0.120. The van der Waals surface area contributed by atoms with Crippen LogP contribution < -0.4 is 0 Å². The Morgan fingerprint density at radius 2 is 1.52 bits per heavy atom. The van der Waals surface area contributed by atoms with E-state index in [9.17, 15) is 21.6 Å². The van der Waals surface area contributed by atoms with Crippen LogP contribution in [0, 0.1) is 6.92 Å². The molecule has 3 aromatic rings. The molecule has 0 bridgehead atoms. The minimum absolute atomic E-state index is 0.0101. The lowest BCUT2D eigenvalue weighted by Gasteiger charge is -2.19. The molecule has 0 atom stereocenters. The predicted octanol–water partition coefficient (Wildman–Crippen LogP) is 5.50. The Kier molecular flexibility index (Phi) is 4.42. The topological polar surface area (TPSA) is 39.1 Å². The van der Waals surface area contributed by atoms with Gasteiger partial charge in [0.25, 0.3) is 10.0 Å². The van der Waals surface area contributed by atoms with Gasteiger partial charge >= 0.3 is 6.18 Å². The first-order valence-electron chi connectivity index (χ1n) is 8.37. The summed E-state index contributed by atoms with van der Waals surface area (Å²) in [4.78, 5) is -0.0568. The number of halogens is 3. The highest BCUT2D eigenvalue weighted by molar-refractivity contribution is 7.90. The Morgan fingerprint density at radius 3 is 2.04 bits per heavy atom. The average molecular weight is 395 g/mol. The Morgan fingerprint density at radius 1 is 0.926 bits per heavy atom. The van der Waals surface area contributed by atoms with E-state index < -0.39 is 21.8 Å². The van der Waals surface area contributed by atoms with E-state index >= 15 is 0 Å². The van der Waals surface area contributed by atoms with Gasteiger partial charge in [-0.25, -0.2) is 12.4 Å². The van der Waals surface area contributed by atoms with Crippen LogP contribution in [0.5, 0.6) is 0 Å². The summed E-state index contributed by atoms with van der Waals surface area (Å²) in [6.45, 7) is 7.47. The number of hydrogen-bond acceptors (Lipinski definition) is 2. The molecule has 144 valence electrons. The second-order valence-corrected chi connectivity index (χ2v) is 9.45. The molecule has 0 amide bonds. The molecule has 0 aliphatic rings. The molecule has 0 saturated heterocycles. The summed E-state index contributed by atoms with van der Waals surface area (Å²) in [6, 6.07) is 10.6. The van der Waals surface area contributed by atoms with Crippen LogP contribution in [0.4, 0.5) is 13.2 Å². The second-order valence-electron chi connectivity index (χ2n) is 7.64. The number of alkyl halides is 3. The molecule has 27 heavy (non-hydrogen) atoms. The molecule has 3 rings (SSSR count). The van der Waals surface area contributed by atoms with Gasteiger partial charge in [-0.05, 0) is 42.2 Å². The zero-order chi connectivity index (χ0) is 20.2. The monoisotopic (exact) mass is 395 g/mol. The van der Waals surface area contributed by atoms with Crippen LogP contribution in [0.3, 0.4) is 0 Å². The van der Waals surface area contributed by atoms with Crippen molar-refractivity contribution in [3.63, 3.8) is 0 Å². The number of rotatable bonds is 2. The van der Waals surface area contributed by atoms with Crippen molar-refractivity contribution in [2.24, 2.45) is 0 Å². The highest BCUT2D eigenvalue weighted by atomic mass is 32.2. The van der Waals surface area contributed by atoms with Gasteiger partial charge in [-0.15, -0.1) is 0 Å². The number of benzene rings is 2. The normalized spacial score (nSPS) is 13.3. The lowest BCUT2D eigenvalue weighted by molar-refractivity contribution is -0.136. The summed E-state index contributed by atoms with van der Waals surface area (Å²) in [7, 11) is -4.15. The van der Waals surface area contributed by atoms with Gasteiger partial charge in [0.05, 0.1) is 16.0 Å². The van der Waals surface area contributed by atoms with Crippen LogP contribution >= 0.6 is 0 Å². The summed E-state index contributed by atoms with van der Waals surface area (Å²) >= 11 is 0. The fourth-order valence-corrected chi connectivity index (χ4v) is 4.28. The van der Waals surface area contributed by atoms with Gasteiger partial charge in [-0.2, -0.15) is 13.2 Å². The highest BCUT2D eigenvalue weighted by Crippen LogP contribution is 2.39. The SMILES string of the molecule is Cc1ccc(S(=O)(=O)n2cc(C(F)(F)F)c3cc(C(C)(C)C)ccc32)cc1. The zero-order valence-corrected chi connectivity index (χ0v) is 16.2. The molecule has 0 saturated carbocycles. The van der Waals surface area contributed by atoms with Crippen molar-refractivity contribution in [1.29, 1.82) is 0 Å². The number of nitrogens with zero attached hydrogens (tertiary/aromatic N) is 1. The minimum Gasteiger partial charge on any atom is -0.241 e. The maximum absolute atomic E-state index is 13.6. The number of hydrogen-bond donors (Lipinski definition) is 0. The molecule has 0 fully saturated rings. The molecule has 0 N–H and O–H groups in total. The molecule has 0 aliphatic heterocycles. The molecule has 3 nitrogen and oxygen atoms in total. The fraction of sp³-hybridized carbons (Fsp3) is 0.300. The van der Waals surface area contributed by atoms with Crippen molar-refractivity contribution < 1.29 is 21.6 Å². The van der Waals surface area contributed by atoms with Gasteiger partial charge in [-0.1, -0.05) is 44.5 Å². The minimum atomic E-state index is -4.66. The largest absolute Gasteiger partial charge is 0.418 e. The second kappa shape index (κ2) is 6.12. The van der Waals surface area contributed by atoms with Crippen LogP contribution in [-0.2, 0) is 21.6 Å². The molecule has 0 radical (unpaired) electrons. The smallest absolute Gasteiger partial charge is 0.241 e. The van der Waals surface area contributed by atoms with Crippen molar-refractivity contribution in [3.8, 4) is 0 Å². The maximum atomic E-state index is 13.6. The van der Waals surface area contributed by atoms with Crippen LogP contribution in [0.1, 0.15) is 37.5 Å². The third-order valence-corrected chi connectivity index (χ3v) is 6.21. The predicted molar refractivity (Wildman–Crippen MR) is 99.4 cm³/mol. The van der Waals surface area contributed by atoms with E-state index in [1.165, 1.54) is 24.3 Å². The Hall–Kier alpha value is -2.28. The van der Waals surface area contributed by atoms with Crippen LogP contribution in [-0.4, -0.2) is 12.4 Å². The van der Waals surface area contributed by atoms with Gasteiger partial charge in [0.15, 0.2) is 0 Å². The lowest BCUT2D eigenvalue weighted by Crippen LogP contribution is -2.13. The number of fused-ring (bicyclic) bond motifs is 1. The van der Waals surface area contributed by atoms with E-state index in [4.69, 9.17) is 0 Å². The Bertz CT molecular complexity index is 1100. The van der Waals surface area contributed by atoms with Crippen molar-refractivity contribution in [2.75, 3.05) is 0 Å². The first-order chi connectivity index (χ1) is 12.3. The molecule has 0 spiro atoms. The van der Waals surface area contributed by atoms with Gasteiger partial charge in [0.2, 0.25) is 0 Å². The van der Waals surface area contributed by atoms with E-state index in [2.05, 4.69) is 0 Å². The molecule has 0 aliphatic carbocycles. The first-order valence-corrected chi connectivity index (χ1v) is 9.81. The summed E-state index contributed by atoms with van der Waals surface area (Å²) in [5.41, 5.74) is 0.243. The third-order valence-electron chi connectivity index (χ3n) is 4.52. The third kappa shape index (κ3) is 3.48.